The molecular formula is C12H13ClN4O. The van der Waals surface area contributed by atoms with Crippen molar-refractivity contribution in [3.8, 4) is 11.8 Å². The SMILES string of the molecule is CCNCc1cnc(Oc2cncc(Cl)c2)nc1. The molecule has 2 aromatic rings. The second kappa shape index (κ2) is 6.28. The molecule has 0 spiro atoms. The van der Waals surface area contributed by atoms with Crippen LogP contribution < -0.4 is 10.1 Å². The summed E-state index contributed by atoms with van der Waals surface area (Å²) in [5.41, 5.74) is 1.01. The third-order valence-corrected chi connectivity index (χ3v) is 2.36. The molecule has 0 saturated carbocycles. The number of ether oxygens (including phenoxy) is 1. The lowest BCUT2D eigenvalue weighted by Crippen LogP contribution is -2.12. The molecule has 94 valence electrons. The highest BCUT2D eigenvalue weighted by Gasteiger charge is 2.02. The van der Waals surface area contributed by atoms with E-state index >= 15 is 0 Å². The van der Waals surface area contributed by atoms with Crippen molar-refractivity contribution in [2.75, 3.05) is 6.54 Å². The second-order valence-corrected chi connectivity index (χ2v) is 4.03. The molecule has 0 unspecified atom stereocenters. The average Bonchev–Trinajstić information content (AvgIpc) is 2.38. The monoisotopic (exact) mass is 264 g/mol. The predicted molar refractivity (Wildman–Crippen MR) is 68.7 cm³/mol. The quantitative estimate of drug-likeness (QED) is 0.899. The molecular weight excluding hydrogens is 252 g/mol. The Labute approximate surface area is 110 Å². The third kappa shape index (κ3) is 3.65. The van der Waals surface area contributed by atoms with Crippen molar-refractivity contribution >= 4 is 11.6 Å². The van der Waals surface area contributed by atoms with Crippen LogP contribution in [0, 0.1) is 0 Å². The van der Waals surface area contributed by atoms with Crippen LogP contribution in [-0.2, 0) is 6.54 Å². The molecule has 0 aliphatic heterocycles. The average molecular weight is 265 g/mol. The minimum Gasteiger partial charge on any atom is -0.423 e. The molecule has 0 radical (unpaired) electrons. The zero-order valence-corrected chi connectivity index (χ0v) is 10.7. The Morgan fingerprint density at radius 2 is 2.00 bits per heavy atom. The van der Waals surface area contributed by atoms with Gasteiger partial charge in [0.05, 0.1) is 11.2 Å². The van der Waals surface area contributed by atoms with Crippen molar-refractivity contribution in [2.24, 2.45) is 0 Å². The van der Waals surface area contributed by atoms with Crippen molar-refractivity contribution < 1.29 is 4.74 Å². The number of pyridine rings is 1. The summed E-state index contributed by atoms with van der Waals surface area (Å²) in [6, 6.07) is 1.93. The van der Waals surface area contributed by atoms with Gasteiger partial charge in [0.1, 0.15) is 0 Å². The van der Waals surface area contributed by atoms with Gasteiger partial charge in [-0.15, -0.1) is 0 Å². The van der Waals surface area contributed by atoms with Gasteiger partial charge in [0, 0.05) is 36.8 Å². The number of nitrogens with zero attached hydrogens (tertiary/aromatic N) is 3. The molecule has 0 saturated heterocycles. The topological polar surface area (TPSA) is 59.9 Å². The molecule has 6 heteroatoms. The minimum atomic E-state index is 0.277. The van der Waals surface area contributed by atoms with Gasteiger partial charge in [-0.25, -0.2) is 9.97 Å². The summed E-state index contributed by atoms with van der Waals surface area (Å²) in [7, 11) is 0. The van der Waals surface area contributed by atoms with Gasteiger partial charge in [-0.2, -0.15) is 0 Å². The Kier molecular flexibility index (Phi) is 4.44. The summed E-state index contributed by atoms with van der Waals surface area (Å²) in [5, 5.41) is 3.70. The van der Waals surface area contributed by atoms with Gasteiger partial charge in [-0.05, 0) is 6.54 Å². The summed E-state index contributed by atoms with van der Waals surface area (Å²) >= 11 is 5.80. The molecule has 2 rings (SSSR count). The Bertz CT molecular complexity index is 504. The standard InChI is InChI=1S/C12H13ClN4O/c1-2-14-4-9-5-16-12(17-6-9)18-11-3-10(13)7-15-8-11/h3,5-8,14H,2,4H2,1H3. The Hall–Kier alpha value is -1.72. The van der Waals surface area contributed by atoms with Crippen LogP contribution in [0.25, 0.3) is 0 Å². The first-order valence-corrected chi connectivity index (χ1v) is 5.96. The van der Waals surface area contributed by atoms with E-state index < -0.39 is 0 Å². The molecule has 5 nitrogen and oxygen atoms in total. The maximum absolute atomic E-state index is 5.80. The maximum atomic E-state index is 5.80. The normalized spacial score (nSPS) is 10.3. The molecule has 2 aromatic heterocycles. The molecule has 0 aromatic carbocycles. The van der Waals surface area contributed by atoms with Crippen LogP contribution in [0.5, 0.6) is 11.8 Å². The Morgan fingerprint density at radius 3 is 2.67 bits per heavy atom. The van der Waals surface area contributed by atoms with E-state index in [4.69, 9.17) is 16.3 Å². The maximum Gasteiger partial charge on any atom is 0.321 e. The highest BCUT2D eigenvalue weighted by Crippen LogP contribution is 2.19. The van der Waals surface area contributed by atoms with E-state index in [1.807, 2.05) is 6.92 Å². The van der Waals surface area contributed by atoms with Crippen molar-refractivity contribution in [3.63, 3.8) is 0 Å². The number of halogens is 1. The van der Waals surface area contributed by atoms with Crippen molar-refractivity contribution in [1.82, 2.24) is 20.3 Å². The number of hydrogen-bond acceptors (Lipinski definition) is 5. The van der Waals surface area contributed by atoms with Crippen LogP contribution >= 0.6 is 11.6 Å². The van der Waals surface area contributed by atoms with Gasteiger partial charge in [0.15, 0.2) is 5.75 Å². The van der Waals surface area contributed by atoms with E-state index in [9.17, 15) is 0 Å². The molecule has 0 atom stereocenters. The number of rotatable bonds is 5. The van der Waals surface area contributed by atoms with E-state index in [2.05, 4.69) is 20.3 Å². The molecule has 0 amide bonds. The lowest BCUT2D eigenvalue weighted by molar-refractivity contribution is 0.439. The van der Waals surface area contributed by atoms with E-state index in [0.717, 1.165) is 18.7 Å². The molecule has 2 heterocycles. The first-order valence-electron chi connectivity index (χ1n) is 5.58. The molecule has 0 fully saturated rings. The number of nitrogens with one attached hydrogen (secondary N) is 1. The van der Waals surface area contributed by atoms with Gasteiger partial charge >= 0.3 is 6.01 Å². The number of hydrogen-bond donors (Lipinski definition) is 1. The van der Waals surface area contributed by atoms with Crippen LogP contribution in [0.15, 0.2) is 30.9 Å². The van der Waals surface area contributed by atoms with E-state index in [-0.39, 0.29) is 6.01 Å². The summed E-state index contributed by atoms with van der Waals surface area (Å²) in [6.45, 7) is 3.70. The van der Waals surface area contributed by atoms with Gasteiger partial charge in [0.25, 0.3) is 0 Å². The van der Waals surface area contributed by atoms with E-state index in [1.54, 1.807) is 24.7 Å². The van der Waals surface area contributed by atoms with Gasteiger partial charge in [0.2, 0.25) is 0 Å². The van der Waals surface area contributed by atoms with Crippen LogP contribution in [0.2, 0.25) is 5.02 Å². The lowest BCUT2D eigenvalue weighted by atomic mass is 10.3. The van der Waals surface area contributed by atoms with Crippen LogP contribution in [0.4, 0.5) is 0 Å². The third-order valence-electron chi connectivity index (χ3n) is 2.15. The highest BCUT2D eigenvalue weighted by atomic mass is 35.5. The summed E-state index contributed by atoms with van der Waals surface area (Å²) < 4.78 is 5.43. The Morgan fingerprint density at radius 1 is 1.22 bits per heavy atom. The largest absolute Gasteiger partial charge is 0.423 e. The van der Waals surface area contributed by atoms with Crippen molar-refractivity contribution in [3.05, 3.63) is 41.4 Å². The smallest absolute Gasteiger partial charge is 0.321 e. The summed E-state index contributed by atoms with van der Waals surface area (Å²) in [6.07, 6.45) is 6.54. The van der Waals surface area contributed by atoms with E-state index in [0.29, 0.717) is 10.8 Å². The summed E-state index contributed by atoms with van der Waals surface area (Å²) in [5.74, 6) is 0.516. The van der Waals surface area contributed by atoms with Gasteiger partial charge in [-0.1, -0.05) is 18.5 Å². The first-order chi connectivity index (χ1) is 8.78. The fourth-order valence-corrected chi connectivity index (χ4v) is 1.47. The molecule has 0 bridgehead atoms. The molecule has 18 heavy (non-hydrogen) atoms. The van der Waals surface area contributed by atoms with Crippen molar-refractivity contribution in [2.45, 2.75) is 13.5 Å². The van der Waals surface area contributed by atoms with E-state index in [1.165, 1.54) is 6.20 Å². The van der Waals surface area contributed by atoms with Crippen molar-refractivity contribution in [1.29, 1.82) is 0 Å². The minimum absolute atomic E-state index is 0.277. The fraction of sp³-hybridized carbons (Fsp3) is 0.250. The van der Waals surface area contributed by atoms with Crippen LogP contribution in [0.1, 0.15) is 12.5 Å². The highest BCUT2D eigenvalue weighted by molar-refractivity contribution is 6.30. The molecule has 1 N–H and O–H groups in total. The fourth-order valence-electron chi connectivity index (χ4n) is 1.31. The van der Waals surface area contributed by atoms with Gasteiger partial charge in [-0.3, -0.25) is 4.98 Å². The van der Waals surface area contributed by atoms with Crippen LogP contribution in [0.3, 0.4) is 0 Å². The second-order valence-electron chi connectivity index (χ2n) is 3.60. The zero-order chi connectivity index (χ0) is 12.8. The van der Waals surface area contributed by atoms with Gasteiger partial charge < -0.3 is 10.1 Å². The number of aromatic nitrogens is 3. The lowest BCUT2D eigenvalue weighted by Gasteiger charge is -2.04. The Balaban J connectivity index is 2.02. The van der Waals surface area contributed by atoms with Crippen LogP contribution in [-0.4, -0.2) is 21.5 Å². The molecule has 0 aliphatic carbocycles. The zero-order valence-electron chi connectivity index (χ0n) is 9.93. The first kappa shape index (κ1) is 12.7. The molecule has 0 aliphatic rings. The summed E-state index contributed by atoms with van der Waals surface area (Å²) in [4.78, 5) is 12.1. The predicted octanol–water partition coefficient (Wildman–Crippen LogP) is 2.43.